The molecule has 352 valence electrons. The van der Waals surface area contributed by atoms with Crippen LogP contribution in [0.5, 0.6) is 0 Å². The summed E-state index contributed by atoms with van der Waals surface area (Å²) in [4.78, 5) is 4.82. The van der Waals surface area contributed by atoms with Crippen LogP contribution in [-0.2, 0) is 5.41 Å². The summed E-state index contributed by atoms with van der Waals surface area (Å²) in [5.74, 6) is 0.645. The fourth-order valence-electron chi connectivity index (χ4n) is 12.6. The molecule has 0 spiro atoms. The van der Waals surface area contributed by atoms with Crippen LogP contribution >= 0.6 is 0 Å². The molecule has 73 heavy (non-hydrogen) atoms. The lowest BCUT2D eigenvalue weighted by Gasteiger charge is -2.30. The van der Waals surface area contributed by atoms with Gasteiger partial charge >= 0.3 is 0 Å². The van der Waals surface area contributed by atoms with Crippen LogP contribution in [0.3, 0.4) is 0 Å². The first-order chi connectivity index (χ1) is 35.7. The molecule has 0 atom stereocenters. The van der Waals surface area contributed by atoms with Crippen LogP contribution < -0.4 is 9.80 Å². The lowest BCUT2D eigenvalue weighted by molar-refractivity contribution is 0.656. The second kappa shape index (κ2) is 16.2. The SMILES string of the molecule is CC(C)c1cccc2c1oc1c(N(c3ccccc3)c3ccc4c5c(c6ccccc6c4c3)-c3c(cc(N(c4ccccc4)c4cccc6c4oc4c(C(C)C)cccc46)c4ccccc34)C5(C)C)cccc12. The summed E-state index contributed by atoms with van der Waals surface area (Å²) in [5, 5.41) is 11.9. The van der Waals surface area contributed by atoms with E-state index in [0.29, 0.717) is 11.8 Å². The Labute approximate surface area is 425 Å². The number of hydrogen-bond acceptors (Lipinski definition) is 4. The summed E-state index contributed by atoms with van der Waals surface area (Å²) in [6.45, 7) is 13.8. The summed E-state index contributed by atoms with van der Waals surface area (Å²) < 4.78 is 14.1. The van der Waals surface area contributed by atoms with E-state index in [1.165, 1.54) is 65.7 Å². The number of rotatable bonds is 8. The fourth-order valence-corrected chi connectivity index (χ4v) is 12.6. The van der Waals surface area contributed by atoms with Gasteiger partial charge in [-0.05, 0) is 127 Å². The van der Waals surface area contributed by atoms with Crippen LogP contribution in [0.25, 0.3) is 87.3 Å². The highest BCUT2D eigenvalue weighted by atomic mass is 16.3. The van der Waals surface area contributed by atoms with E-state index in [1.54, 1.807) is 0 Å². The third-order valence-corrected chi connectivity index (χ3v) is 15.9. The van der Waals surface area contributed by atoms with Gasteiger partial charge < -0.3 is 18.6 Å². The van der Waals surface area contributed by atoms with E-state index in [-0.39, 0.29) is 5.41 Å². The zero-order chi connectivity index (χ0) is 49.3. The van der Waals surface area contributed by atoms with E-state index in [2.05, 4.69) is 258 Å². The Morgan fingerprint density at radius 3 is 1.34 bits per heavy atom. The van der Waals surface area contributed by atoms with Gasteiger partial charge in [0.15, 0.2) is 11.2 Å². The third-order valence-electron chi connectivity index (χ3n) is 15.9. The Kier molecular flexibility index (Phi) is 9.60. The fraction of sp³-hybridized carbons (Fsp3) is 0.130. The van der Waals surface area contributed by atoms with Crippen LogP contribution in [0.2, 0.25) is 0 Å². The quantitative estimate of drug-likeness (QED) is 0.142. The summed E-state index contributed by atoms with van der Waals surface area (Å²) >= 11 is 0. The molecule has 0 radical (unpaired) electrons. The van der Waals surface area contributed by atoms with E-state index in [9.17, 15) is 0 Å². The highest BCUT2D eigenvalue weighted by molar-refractivity contribution is 6.24. The Bertz CT molecular complexity index is 4370. The number of hydrogen-bond donors (Lipinski definition) is 0. The van der Waals surface area contributed by atoms with Crippen molar-refractivity contribution >= 4 is 110 Å². The minimum Gasteiger partial charge on any atom is -0.454 e. The van der Waals surface area contributed by atoms with Gasteiger partial charge in [-0.1, -0.05) is 193 Å². The van der Waals surface area contributed by atoms with Crippen LogP contribution in [0.15, 0.2) is 215 Å². The second-order valence-corrected chi connectivity index (χ2v) is 21.1. The summed E-state index contributed by atoms with van der Waals surface area (Å²) in [5.41, 5.74) is 17.4. The van der Waals surface area contributed by atoms with Crippen molar-refractivity contribution in [3.8, 4) is 11.1 Å². The summed E-state index contributed by atoms with van der Waals surface area (Å²) in [7, 11) is 0. The van der Waals surface area contributed by atoms with E-state index in [1.807, 2.05) is 0 Å². The number of anilines is 6. The molecule has 1 aliphatic carbocycles. The monoisotopic (exact) mass is 942 g/mol. The highest BCUT2D eigenvalue weighted by Crippen LogP contribution is 2.59. The third kappa shape index (κ3) is 6.32. The van der Waals surface area contributed by atoms with E-state index in [0.717, 1.165) is 78.0 Å². The molecule has 4 heteroatoms. The van der Waals surface area contributed by atoms with Crippen LogP contribution in [-0.4, -0.2) is 0 Å². The minimum atomic E-state index is -0.389. The van der Waals surface area contributed by atoms with Gasteiger partial charge in [-0.3, -0.25) is 0 Å². The van der Waals surface area contributed by atoms with E-state index < -0.39 is 0 Å². The van der Waals surface area contributed by atoms with E-state index in [4.69, 9.17) is 8.83 Å². The van der Waals surface area contributed by atoms with Crippen molar-refractivity contribution in [3.63, 3.8) is 0 Å². The normalized spacial score (nSPS) is 13.2. The molecule has 0 amide bonds. The highest BCUT2D eigenvalue weighted by Gasteiger charge is 2.41. The zero-order valence-electron chi connectivity index (χ0n) is 42.0. The van der Waals surface area contributed by atoms with Crippen molar-refractivity contribution < 1.29 is 8.83 Å². The predicted octanol–water partition coefficient (Wildman–Crippen LogP) is 20.4. The van der Waals surface area contributed by atoms with Gasteiger partial charge in [0.25, 0.3) is 0 Å². The van der Waals surface area contributed by atoms with Gasteiger partial charge in [-0.25, -0.2) is 0 Å². The average Bonchev–Trinajstić information content (AvgIpc) is 4.08. The molecule has 2 aromatic heterocycles. The van der Waals surface area contributed by atoms with Crippen LogP contribution in [0, 0.1) is 0 Å². The first-order valence-electron chi connectivity index (χ1n) is 25.8. The van der Waals surface area contributed by atoms with Gasteiger partial charge in [0.1, 0.15) is 11.2 Å². The Morgan fingerprint density at radius 2 is 0.781 bits per heavy atom. The number of fused-ring (bicyclic) bond motifs is 16. The Balaban J connectivity index is 1.01. The number of benzene rings is 11. The van der Waals surface area contributed by atoms with Crippen LogP contribution in [0.1, 0.15) is 75.6 Å². The zero-order valence-corrected chi connectivity index (χ0v) is 42.0. The first kappa shape index (κ1) is 43.2. The van der Waals surface area contributed by atoms with Gasteiger partial charge in [0.05, 0.1) is 17.1 Å². The molecule has 1 aliphatic rings. The average molecular weight is 943 g/mol. The molecule has 0 bridgehead atoms. The smallest absolute Gasteiger partial charge is 0.159 e. The summed E-state index contributed by atoms with van der Waals surface area (Å²) in [6, 6.07) is 75.6. The molecule has 0 unspecified atom stereocenters. The van der Waals surface area contributed by atoms with E-state index >= 15 is 0 Å². The van der Waals surface area contributed by atoms with Crippen molar-refractivity contribution in [3.05, 3.63) is 229 Å². The lowest BCUT2D eigenvalue weighted by atomic mass is 9.79. The molecular weight excluding hydrogens is 889 g/mol. The van der Waals surface area contributed by atoms with Crippen molar-refractivity contribution in [2.45, 2.75) is 58.8 Å². The molecule has 14 rings (SSSR count). The first-order valence-corrected chi connectivity index (χ1v) is 25.8. The molecule has 2 heterocycles. The maximum Gasteiger partial charge on any atom is 0.159 e. The molecule has 0 saturated heterocycles. The molecule has 0 saturated carbocycles. The Hall–Kier alpha value is -8.60. The standard InChI is InChI=1S/C69H54N2O2/c1-41(2)46-29-17-31-53-55-33-19-35-59(67(55)72-65(46)53)70(43-21-9-7-10-22-43)45-37-38-52-57(39-45)48-25-13-15-27-50(48)63-62-51-28-16-14-26-49(51)61(40-58(62)69(5,6)64(52)63)71(44-23-11-8-12-24-44)60-36-20-34-56-54-32-18-30-47(42(3)4)66(54)73-68(56)60/h7-42H,1-6H3. The van der Waals surface area contributed by atoms with Gasteiger partial charge in [-0.15, -0.1) is 0 Å². The minimum absolute atomic E-state index is 0.319. The van der Waals surface area contributed by atoms with Crippen LogP contribution in [0.4, 0.5) is 34.1 Å². The molecule has 0 aliphatic heterocycles. The molecular formula is C69H54N2O2. The molecule has 0 fully saturated rings. The number of furan rings is 2. The van der Waals surface area contributed by atoms with Crippen molar-refractivity contribution in [1.82, 2.24) is 0 Å². The van der Waals surface area contributed by atoms with Crippen molar-refractivity contribution in [2.24, 2.45) is 0 Å². The van der Waals surface area contributed by atoms with Gasteiger partial charge in [-0.2, -0.15) is 0 Å². The molecule has 13 aromatic rings. The van der Waals surface area contributed by atoms with Gasteiger partial charge in [0.2, 0.25) is 0 Å². The van der Waals surface area contributed by atoms with Crippen molar-refractivity contribution in [2.75, 3.05) is 9.80 Å². The molecule has 0 N–H and O–H groups in total. The van der Waals surface area contributed by atoms with Gasteiger partial charge in [0, 0.05) is 49.4 Å². The Morgan fingerprint density at radius 1 is 0.329 bits per heavy atom. The number of nitrogens with zero attached hydrogens (tertiary/aromatic N) is 2. The topological polar surface area (TPSA) is 32.8 Å². The van der Waals surface area contributed by atoms with Crippen molar-refractivity contribution in [1.29, 1.82) is 0 Å². The number of para-hydroxylation sites is 6. The molecule has 11 aromatic carbocycles. The summed E-state index contributed by atoms with van der Waals surface area (Å²) in [6.07, 6.45) is 0. The predicted molar refractivity (Wildman–Crippen MR) is 309 cm³/mol. The second-order valence-electron chi connectivity index (χ2n) is 21.1. The molecule has 4 nitrogen and oxygen atoms in total. The maximum atomic E-state index is 7.07. The lowest BCUT2D eigenvalue weighted by Crippen LogP contribution is -2.17. The maximum absolute atomic E-state index is 7.07. The largest absolute Gasteiger partial charge is 0.454 e.